The summed E-state index contributed by atoms with van der Waals surface area (Å²) in [6, 6.07) is 0. The number of methoxy groups -OCH3 is 1. The molecule has 2 rings (SSSR count). The molecule has 22 heavy (non-hydrogen) atoms. The van der Waals surface area contributed by atoms with Gasteiger partial charge in [-0.25, -0.2) is 0 Å². The first kappa shape index (κ1) is 18.2. The van der Waals surface area contributed by atoms with E-state index in [0.29, 0.717) is 23.7 Å². The molecular formula is C18H34O4. The second-order valence-corrected chi connectivity index (χ2v) is 7.55. The Morgan fingerprint density at radius 1 is 0.591 bits per heavy atom. The van der Waals surface area contributed by atoms with Crippen molar-refractivity contribution in [3.05, 3.63) is 0 Å². The van der Waals surface area contributed by atoms with Crippen LogP contribution in [0.5, 0.6) is 0 Å². The van der Waals surface area contributed by atoms with Crippen LogP contribution in [0.25, 0.3) is 0 Å². The van der Waals surface area contributed by atoms with E-state index in [1.807, 2.05) is 0 Å². The van der Waals surface area contributed by atoms with Gasteiger partial charge in [-0.05, 0) is 25.7 Å². The standard InChI is InChI=1S/C18H34O4/c1-9-10(2)14(6)21-18(11(9)3)22-16-12(4)15(7)20-17(19-8)13(16)5/h9-18H,1-8H3. The van der Waals surface area contributed by atoms with Crippen molar-refractivity contribution < 1.29 is 18.9 Å². The van der Waals surface area contributed by atoms with Gasteiger partial charge in [0.25, 0.3) is 0 Å². The van der Waals surface area contributed by atoms with Crippen LogP contribution in [0.4, 0.5) is 0 Å². The number of ether oxygens (including phenoxy) is 4. The Kier molecular flexibility index (Phi) is 5.92. The summed E-state index contributed by atoms with van der Waals surface area (Å²) >= 11 is 0. The average Bonchev–Trinajstić information content (AvgIpc) is 2.50. The van der Waals surface area contributed by atoms with Crippen molar-refractivity contribution in [2.24, 2.45) is 29.6 Å². The van der Waals surface area contributed by atoms with Crippen LogP contribution in [0.3, 0.4) is 0 Å². The Hall–Kier alpha value is -0.160. The van der Waals surface area contributed by atoms with Crippen molar-refractivity contribution in [1.29, 1.82) is 0 Å². The molecule has 0 aromatic heterocycles. The van der Waals surface area contributed by atoms with Crippen molar-refractivity contribution in [3.63, 3.8) is 0 Å². The second-order valence-electron chi connectivity index (χ2n) is 7.55. The Bertz CT molecular complexity index is 361. The van der Waals surface area contributed by atoms with E-state index >= 15 is 0 Å². The Balaban J connectivity index is 2.10. The minimum atomic E-state index is -0.205. The van der Waals surface area contributed by atoms with E-state index in [1.54, 1.807) is 7.11 Å². The highest BCUT2D eigenvalue weighted by Crippen LogP contribution is 2.39. The molecule has 2 heterocycles. The van der Waals surface area contributed by atoms with Gasteiger partial charge >= 0.3 is 0 Å². The van der Waals surface area contributed by atoms with E-state index in [0.717, 1.165) is 0 Å². The largest absolute Gasteiger partial charge is 0.355 e. The molecule has 0 aliphatic carbocycles. The summed E-state index contributed by atoms with van der Waals surface area (Å²) < 4.78 is 24.1. The van der Waals surface area contributed by atoms with Crippen molar-refractivity contribution in [2.75, 3.05) is 7.11 Å². The fourth-order valence-electron chi connectivity index (χ4n) is 3.80. The zero-order valence-electron chi connectivity index (χ0n) is 15.4. The van der Waals surface area contributed by atoms with Gasteiger partial charge in [-0.3, -0.25) is 0 Å². The van der Waals surface area contributed by atoms with Gasteiger partial charge < -0.3 is 18.9 Å². The lowest BCUT2D eigenvalue weighted by molar-refractivity contribution is -0.314. The molecule has 10 atom stereocenters. The van der Waals surface area contributed by atoms with Crippen LogP contribution in [0, 0.1) is 29.6 Å². The smallest absolute Gasteiger partial charge is 0.162 e. The average molecular weight is 314 g/mol. The summed E-state index contributed by atoms with van der Waals surface area (Å²) in [7, 11) is 1.70. The molecule has 0 spiro atoms. The van der Waals surface area contributed by atoms with Crippen LogP contribution in [-0.4, -0.2) is 38.0 Å². The molecule has 0 saturated carbocycles. The molecule has 2 saturated heterocycles. The fourth-order valence-corrected chi connectivity index (χ4v) is 3.80. The van der Waals surface area contributed by atoms with E-state index in [9.17, 15) is 0 Å². The lowest BCUT2D eigenvalue weighted by Gasteiger charge is -2.48. The molecule has 0 amide bonds. The minimum Gasteiger partial charge on any atom is -0.355 e. The van der Waals surface area contributed by atoms with E-state index in [4.69, 9.17) is 18.9 Å². The topological polar surface area (TPSA) is 36.9 Å². The van der Waals surface area contributed by atoms with Gasteiger partial charge in [0.05, 0.1) is 18.3 Å². The van der Waals surface area contributed by atoms with Crippen molar-refractivity contribution >= 4 is 0 Å². The van der Waals surface area contributed by atoms with E-state index in [1.165, 1.54) is 0 Å². The third-order valence-corrected chi connectivity index (χ3v) is 6.26. The first-order chi connectivity index (χ1) is 10.3. The lowest BCUT2D eigenvalue weighted by atomic mass is 9.79. The zero-order valence-corrected chi connectivity index (χ0v) is 15.4. The van der Waals surface area contributed by atoms with Crippen molar-refractivity contribution in [3.8, 4) is 0 Å². The van der Waals surface area contributed by atoms with Crippen LogP contribution in [-0.2, 0) is 18.9 Å². The quantitative estimate of drug-likeness (QED) is 0.796. The summed E-state index contributed by atoms with van der Waals surface area (Å²) in [4.78, 5) is 0. The molecule has 0 aromatic rings. The van der Waals surface area contributed by atoms with Crippen molar-refractivity contribution in [1.82, 2.24) is 0 Å². The molecule has 0 bridgehead atoms. The van der Waals surface area contributed by atoms with Crippen LogP contribution < -0.4 is 0 Å². The summed E-state index contributed by atoms with van der Waals surface area (Å²) in [5.74, 6) is 2.06. The lowest BCUT2D eigenvalue weighted by Crippen LogP contribution is -2.53. The normalized spacial score (nSPS) is 53.5. The maximum atomic E-state index is 6.48. The summed E-state index contributed by atoms with van der Waals surface area (Å²) in [6.45, 7) is 15.4. The van der Waals surface area contributed by atoms with Gasteiger partial charge in [0.15, 0.2) is 12.6 Å². The first-order valence-corrected chi connectivity index (χ1v) is 8.77. The number of hydrogen-bond donors (Lipinski definition) is 0. The van der Waals surface area contributed by atoms with Gasteiger partial charge in [-0.1, -0.05) is 34.6 Å². The predicted molar refractivity (Wildman–Crippen MR) is 86.4 cm³/mol. The molecular weight excluding hydrogens is 280 g/mol. The third-order valence-electron chi connectivity index (χ3n) is 6.26. The highest BCUT2D eigenvalue weighted by Gasteiger charge is 2.45. The zero-order chi connectivity index (χ0) is 16.6. The molecule has 2 fully saturated rings. The summed E-state index contributed by atoms with van der Waals surface area (Å²) in [5.41, 5.74) is 0. The highest BCUT2D eigenvalue weighted by atomic mass is 16.7. The fraction of sp³-hybridized carbons (Fsp3) is 1.00. The highest BCUT2D eigenvalue weighted by molar-refractivity contribution is 4.87. The van der Waals surface area contributed by atoms with Crippen LogP contribution in [0.15, 0.2) is 0 Å². The SMILES string of the molecule is COC1OC(C)C(C)C(OC2OC(C)C(C)C(C)C2C)C1C. The Morgan fingerprint density at radius 3 is 1.73 bits per heavy atom. The van der Waals surface area contributed by atoms with Gasteiger partial charge in [-0.15, -0.1) is 0 Å². The summed E-state index contributed by atoms with van der Waals surface area (Å²) in [5, 5.41) is 0. The minimum absolute atomic E-state index is 0.0916. The van der Waals surface area contributed by atoms with Gasteiger partial charge in [0.2, 0.25) is 0 Å². The maximum absolute atomic E-state index is 6.48. The molecule has 2 aliphatic heterocycles. The predicted octanol–water partition coefficient (Wildman–Crippen LogP) is 3.69. The Morgan fingerprint density at radius 2 is 1.14 bits per heavy atom. The van der Waals surface area contributed by atoms with E-state index in [2.05, 4.69) is 48.5 Å². The van der Waals surface area contributed by atoms with Crippen molar-refractivity contribution in [2.45, 2.75) is 79.4 Å². The van der Waals surface area contributed by atoms with E-state index < -0.39 is 0 Å². The third kappa shape index (κ3) is 3.35. The maximum Gasteiger partial charge on any atom is 0.162 e. The molecule has 130 valence electrons. The van der Waals surface area contributed by atoms with E-state index in [-0.39, 0.29) is 36.8 Å². The molecule has 2 aliphatic rings. The molecule has 4 nitrogen and oxygen atoms in total. The van der Waals surface area contributed by atoms with Crippen LogP contribution in [0.1, 0.15) is 48.5 Å². The second kappa shape index (κ2) is 7.16. The number of rotatable bonds is 3. The molecule has 0 radical (unpaired) electrons. The molecule has 0 aromatic carbocycles. The molecule has 4 heteroatoms. The Labute approximate surface area is 135 Å². The van der Waals surface area contributed by atoms with Gasteiger partial charge in [0, 0.05) is 24.9 Å². The summed E-state index contributed by atoms with van der Waals surface area (Å²) in [6.07, 6.45) is 0.104. The van der Waals surface area contributed by atoms with Gasteiger partial charge in [-0.2, -0.15) is 0 Å². The van der Waals surface area contributed by atoms with Crippen LogP contribution >= 0.6 is 0 Å². The molecule has 0 N–H and O–H groups in total. The van der Waals surface area contributed by atoms with Crippen LogP contribution in [0.2, 0.25) is 0 Å². The molecule has 10 unspecified atom stereocenters. The van der Waals surface area contributed by atoms with Gasteiger partial charge in [0.1, 0.15) is 0 Å². The first-order valence-electron chi connectivity index (χ1n) is 8.77. The number of hydrogen-bond acceptors (Lipinski definition) is 4. The monoisotopic (exact) mass is 314 g/mol.